The van der Waals surface area contributed by atoms with Gasteiger partial charge in [0.2, 0.25) is 0 Å². The summed E-state index contributed by atoms with van der Waals surface area (Å²) in [5, 5.41) is 4.45. The Bertz CT molecular complexity index is 403. The Labute approximate surface area is 94.3 Å². The van der Waals surface area contributed by atoms with Gasteiger partial charge in [-0.3, -0.25) is 0 Å². The fourth-order valence-electron chi connectivity index (χ4n) is 1.73. The molecule has 1 unspecified atom stereocenters. The van der Waals surface area contributed by atoms with Crippen molar-refractivity contribution in [1.29, 1.82) is 0 Å². The van der Waals surface area contributed by atoms with Gasteiger partial charge in [0.25, 0.3) is 0 Å². The first-order valence-electron chi connectivity index (χ1n) is 5.28. The summed E-state index contributed by atoms with van der Waals surface area (Å²) in [5.74, 6) is 0.649. The van der Waals surface area contributed by atoms with Crippen LogP contribution in [-0.4, -0.2) is 18.6 Å². The number of para-hydroxylation sites is 1. The number of nitrogens with zero attached hydrogens (tertiary/aromatic N) is 1. The zero-order valence-corrected chi connectivity index (χ0v) is 9.97. The summed E-state index contributed by atoms with van der Waals surface area (Å²) in [4.78, 5) is 4.63. The third kappa shape index (κ3) is 2.55. The van der Waals surface area contributed by atoms with E-state index in [1.807, 2.05) is 24.5 Å². The van der Waals surface area contributed by atoms with Crippen LogP contribution in [0, 0.1) is 5.92 Å². The van der Waals surface area contributed by atoms with Gasteiger partial charge in [0.15, 0.2) is 0 Å². The molecular weight excluding hydrogens is 204 g/mol. The minimum absolute atomic E-state index is 0.649. The zero-order valence-electron chi connectivity index (χ0n) is 9.16. The molecule has 0 amide bonds. The third-order valence-corrected chi connectivity index (χ3v) is 3.47. The van der Waals surface area contributed by atoms with E-state index in [1.165, 1.54) is 9.71 Å². The Morgan fingerprint density at radius 1 is 1.40 bits per heavy atom. The summed E-state index contributed by atoms with van der Waals surface area (Å²) in [6.45, 7) is 3.30. The van der Waals surface area contributed by atoms with Crippen LogP contribution in [0.5, 0.6) is 0 Å². The maximum Gasteiger partial charge on any atom is 0.0941 e. The fraction of sp³-hybridized carbons (Fsp3) is 0.417. The van der Waals surface area contributed by atoms with Crippen LogP contribution in [0.2, 0.25) is 0 Å². The molecule has 1 N–H and O–H groups in total. The zero-order chi connectivity index (χ0) is 10.7. The van der Waals surface area contributed by atoms with E-state index < -0.39 is 0 Å². The molecule has 1 atom stereocenters. The maximum absolute atomic E-state index is 4.63. The number of thiazole rings is 1. The molecule has 80 valence electrons. The molecule has 1 aromatic carbocycles. The molecule has 2 aromatic rings. The topological polar surface area (TPSA) is 24.9 Å². The molecule has 2 rings (SSSR count). The number of benzene rings is 1. The van der Waals surface area contributed by atoms with Gasteiger partial charge in [0.05, 0.1) is 15.2 Å². The van der Waals surface area contributed by atoms with Crippen molar-refractivity contribution >= 4 is 21.6 Å². The highest BCUT2D eigenvalue weighted by atomic mass is 32.1. The smallest absolute Gasteiger partial charge is 0.0941 e. The lowest BCUT2D eigenvalue weighted by Crippen LogP contribution is -2.17. The van der Waals surface area contributed by atoms with Gasteiger partial charge in [-0.25, -0.2) is 4.98 Å². The van der Waals surface area contributed by atoms with Crippen molar-refractivity contribution in [2.75, 3.05) is 13.6 Å². The normalized spacial score (nSPS) is 13.2. The lowest BCUT2D eigenvalue weighted by atomic mass is 10.1. The molecule has 0 saturated heterocycles. The minimum Gasteiger partial charge on any atom is -0.319 e. The van der Waals surface area contributed by atoms with Crippen molar-refractivity contribution in [2.45, 2.75) is 13.3 Å². The summed E-state index contributed by atoms with van der Waals surface area (Å²) in [5.41, 5.74) is 1.13. The van der Waals surface area contributed by atoms with Crippen LogP contribution in [-0.2, 0) is 6.42 Å². The first-order valence-corrected chi connectivity index (χ1v) is 6.10. The minimum atomic E-state index is 0.649. The molecule has 0 spiro atoms. The molecule has 0 radical (unpaired) electrons. The van der Waals surface area contributed by atoms with E-state index in [0.717, 1.165) is 18.5 Å². The van der Waals surface area contributed by atoms with Gasteiger partial charge < -0.3 is 5.32 Å². The molecule has 3 heteroatoms. The molecule has 0 fully saturated rings. The fourth-order valence-corrected chi connectivity index (χ4v) is 2.86. The number of hydrogen-bond donors (Lipinski definition) is 1. The number of hydrogen-bond acceptors (Lipinski definition) is 3. The van der Waals surface area contributed by atoms with Crippen LogP contribution in [0.25, 0.3) is 10.2 Å². The summed E-state index contributed by atoms with van der Waals surface area (Å²) in [6.07, 6.45) is 1.07. The Hall–Kier alpha value is -0.930. The van der Waals surface area contributed by atoms with E-state index in [0.29, 0.717) is 5.92 Å². The summed E-state index contributed by atoms with van der Waals surface area (Å²) < 4.78 is 1.30. The van der Waals surface area contributed by atoms with Crippen LogP contribution in [0.15, 0.2) is 24.3 Å². The van der Waals surface area contributed by atoms with Gasteiger partial charge >= 0.3 is 0 Å². The van der Waals surface area contributed by atoms with Crippen molar-refractivity contribution in [3.05, 3.63) is 29.3 Å². The molecule has 0 bridgehead atoms. The van der Waals surface area contributed by atoms with Crippen molar-refractivity contribution in [3.63, 3.8) is 0 Å². The average Bonchev–Trinajstić information content (AvgIpc) is 2.59. The Morgan fingerprint density at radius 2 is 2.20 bits per heavy atom. The molecular formula is C12H16N2S. The van der Waals surface area contributed by atoms with Gasteiger partial charge in [-0.2, -0.15) is 0 Å². The van der Waals surface area contributed by atoms with E-state index in [-0.39, 0.29) is 0 Å². The summed E-state index contributed by atoms with van der Waals surface area (Å²) in [6, 6.07) is 8.33. The van der Waals surface area contributed by atoms with Crippen LogP contribution >= 0.6 is 11.3 Å². The quantitative estimate of drug-likeness (QED) is 0.857. The van der Waals surface area contributed by atoms with Gasteiger partial charge in [-0.1, -0.05) is 19.1 Å². The number of fused-ring (bicyclic) bond motifs is 1. The monoisotopic (exact) mass is 220 g/mol. The molecule has 0 saturated carbocycles. The second kappa shape index (κ2) is 4.73. The highest BCUT2D eigenvalue weighted by Gasteiger charge is 2.07. The number of rotatable bonds is 4. The molecule has 0 aliphatic carbocycles. The van der Waals surface area contributed by atoms with E-state index in [4.69, 9.17) is 0 Å². The van der Waals surface area contributed by atoms with E-state index in [9.17, 15) is 0 Å². The standard InChI is InChI=1S/C12H16N2S/c1-9(8-13-2)7-12-14-10-5-3-4-6-11(10)15-12/h3-6,9,13H,7-8H2,1-2H3. The van der Waals surface area contributed by atoms with Gasteiger partial charge in [-0.05, 0) is 31.6 Å². The molecule has 15 heavy (non-hydrogen) atoms. The van der Waals surface area contributed by atoms with Crippen molar-refractivity contribution < 1.29 is 0 Å². The lowest BCUT2D eigenvalue weighted by Gasteiger charge is -2.07. The summed E-state index contributed by atoms with van der Waals surface area (Å²) in [7, 11) is 1.99. The first-order chi connectivity index (χ1) is 7.29. The summed E-state index contributed by atoms with van der Waals surface area (Å²) >= 11 is 1.81. The number of nitrogens with one attached hydrogen (secondary N) is 1. The highest BCUT2D eigenvalue weighted by Crippen LogP contribution is 2.23. The van der Waals surface area contributed by atoms with Crippen molar-refractivity contribution in [3.8, 4) is 0 Å². The highest BCUT2D eigenvalue weighted by molar-refractivity contribution is 7.18. The second-order valence-electron chi connectivity index (χ2n) is 3.94. The largest absolute Gasteiger partial charge is 0.319 e. The van der Waals surface area contributed by atoms with Crippen LogP contribution in [0.4, 0.5) is 0 Å². The van der Waals surface area contributed by atoms with Crippen LogP contribution in [0.1, 0.15) is 11.9 Å². The van der Waals surface area contributed by atoms with Gasteiger partial charge in [-0.15, -0.1) is 11.3 Å². The predicted molar refractivity (Wildman–Crippen MR) is 66.4 cm³/mol. The van der Waals surface area contributed by atoms with E-state index in [1.54, 1.807) is 0 Å². The molecule has 0 aliphatic rings. The Morgan fingerprint density at radius 3 is 2.93 bits per heavy atom. The molecule has 2 nitrogen and oxygen atoms in total. The third-order valence-electron chi connectivity index (χ3n) is 2.41. The average molecular weight is 220 g/mol. The van der Waals surface area contributed by atoms with Crippen LogP contribution < -0.4 is 5.32 Å². The number of aromatic nitrogens is 1. The lowest BCUT2D eigenvalue weighted by molar-refractivity contribution is 0.541. The Balaban J connectivity index is 2.15. The van der Waals surface area contributed by atoms with E-state index in [2.05, 4.69) is 35.4 Å². The van der Waals surface area contributed by atoms with Crippen LogP contribution in [0.3, 0.4) is 0 Å². The SMILES string of the molecule is CNCC(C)Cc1nc2ccccc2s1. The Kier molecular flexibility index (Phi) is 3.34. The van der Waals surface area contributed by atoms with Crippen molar-refractivity contribution in [1.82, 2.24) is 10.3 Å². The molecule has 0 aliphatic heterocycles. The van der Waals surface area contributed by atoms with E-state index >= 15 is 0 Å². The predicted octanol–water partition coefficient (Wildman–Crippen LogP) is 2.69. The second-order valence-corrected chi connectivity index (χ2v) is 5.06. The van der Waals surface area contributed by atoms with Gasteiger partial charge in [0.1, 0.15) is 0 Å². The molecule has 1 aromatic heterocycles. The van der Waals surface area contributed by atoms with Crippen molar-refractivity contribution in [2.24, 2.45) is 5.92 Å². The molecule has 1 heterocycles. The first kappa shape index (κ1) is 10.6. The maximum atomic E-state index is 4.63. The van der Waals surface area contributed by atoms with Gasteiger partial charge in [0, 0.05) is 6.42 Å².